The molecule has 0 heterocycles. The molecule has 160 valence electrons. The van der Waals surface area contributed by atoms with Crippen LogP contribution in [0.5, 0.6) is 0 Å². The number of ketones is 1. The van der Waals surface area contributed by atoms with Gasteiger partial charge in [-0.05, 0) is 37.4 Å². The first kappa shape index (κ1) is 23.2. The largest absolute Gasteiger partial charge is 0.460 e. The molecule has 0 aliphatic rings. The van der Waals surface area contributed by atoms with Crippen molar-refractivity contribution in [1.82, 2.24) is 4.90 Å². The number of nitro benzene ring substituents is 1. The minimum Gasteiger partial charge on any atom is -0.460 e. The van der Waals surface area contributed by atoms with Gasteiger partial charge in [0, 0.05) is 24.7 Å². The van der Waals surface area contributed by atoms with Gasteiger partial charge >= 0.3 is 5.97 Å². The van der Waals surface area contributed by atoms with Crippen LogP contribution in [0.1, 0.15) is 37.0 Å². The van der Waals surface area contributed by atoms with Crippen molar-refractivity contribution < 1.29 is 19.2 Å². The van der Waals surface area contributed by atoms with E-state index >= 15 is 0 Å². The molecule has 2 aromatic rings. The number of hydrogen-bond donors (Lipinski definition) is 0. The van der Waals surface area contributed by atoms with Crippen molar-refractivity contribution in [2.24, 2.45) is 0 Å². The fraction of sp³-hybridized carbons (Fsp3) is 0.391. The standard InChI is InChI=1S/C23H28N2O5/c1-3-14-24(17-18-9-6-5-7-10-18)15-13-19-11-8-12-21(25(28)29)20(19)16-22(26)23(27)30-4-2/h5-12H,3-4,13-17H2,1-2H3. The molecule has 0 bridgehead atoms. The van der Waals surface area contributed by atoms with Crippen LogP contribution in [-0.4, -0.2) is 41.3 Å². The van der Waals surface area contributed by atoms with E-state index in [0.29, 0.717) is 18.5 Å². The van der Waals surface area contributed by atoms with Crippen molar-refractivity contribution in [2.75, 3.05) is 19.7 Å². The highest BCUT2D eigenvalue weighted by Crippen LogP contribution is 2.24. The summed E-state index contributed by atoms with van der Waals surface area (Å²) in [6.45, 7) is 6.15. The maximum atomic E-state index is 12.2. The number of rotatable bonds is 12. The molecule has 7 nitrogen and oxygen atoms in total. The van der Waals surface area contributed by atoms with Crippen molar-refractivity contribution in [3.8, 4) is 0 Å². The highest BCUT2D eigenvalue weighted by Gasteiger charge is 2.24. The predicted octanol–water partition coefficient (Wildman–Crippen LogP) is 3.72. The van der Waals surface area contributed by atoms with E-state index in [2.05, 4.69) is 24.0 Å². The van der Waals surface area contributed by atoms with Crippen molar-refractivity contribution in [3.05, 3.63) is 75.3 Å². The van der Waals surface area contributed by atoms with E-state index in [1.54, 1.807) is 19.1 Å². The van der Waals surface area contributed by atoms with Gasteiger partial charge in [-0.3, -0.25) is 19.8 Å². The Morgan fingerprint density at radius 3 is 2.40 bits per heavy atom. The van der Waals surface area contributed by atoms with E-state index in [1.165, 1.54) is 11.6 Å². The molecule has 0 aliphatic carbocycles. The van der Waals surface area contributed by atoms with Crippen molar-refractivity contribution >= 4 is 17.4 Å². The van der Waals surface area contributed by atoms with E-state index in [-0.39, 0.29) is 24.3 Å². The molecule has 0 aromatic heterocycles. The molecular weight excluding hydrogens is 384 g/mol. The van der Waals surface area contributed by atoms with Crippen molar-refractivity contribution in [3.63, 3.8) is 0 Å². The lowest BCUT2D eigenvalue weighted by Crippen LogP contribution is -2.27. The molecule has 2 rings (SSSR count). The summed E-state index contributed by atoms with van der Waals surface area (Å²) in [7, 11) is 0. The Morgan fingerprint density at radius 1 is 1.03 bits per heavy atom. The molecule has 0 saturated carbocycles. The zero-order chi connectivity index (χ0) is 21.9. The second-order valence-corrected chi connectivity index (χ2v) is 7.00. The van der Waals surface area contributed by atoms with Gasteiger partial charge in [0.1, 0.15) is 0 Å². The summed E-state index contributed by atoms with van der Waals surface area (Å²) in [4.78, 5) is 37.2. The molecule has 0 fully saturated rings. The van der Waals surface area contributed by atoms with Gasteiger partial charge in [0.2, 0.25) is 5.78 Å². The number of benzene rings is 2. The quantitative estimate of drug-likeness (QED) is 0.228. The fourth-order valence-electron chi connectivity index (χ4n) is 3.38. The van der Waals surface area contributed by atoms with Crippen LogP contribution in [0.3, 0.4) is 0 Å². The summed E-state index contributed by atoms with van der Waals surface area (Å²) in [6.07, 6.45) is 1.19. The third-order valence-corrected chi connectivity index (χ3v) is 4.77. The Hall–Kier alpha value is -3.06. The van der Waals surface area contributed by atoms with Gasteiger partial charge in [0.15, 0.2) is 0 Å². The summed E-state index contributed by atoms with van der Waals surface area (Å²) in [5.41, 5.74) is 2.05. The van der Waals surface area contributed by atoms with Crippen LogP contribution >= 0.6 is 0 Å². The van der Waals surface area contributed by atoms with Crippen LogP contribution in [0.25, 0.3) is 0 Å². The maximum absolute atomic E-state index is 12.2. The third kappa shape index (κ3) is 6.77. The molecule has 0 atom stereocenters. The molecule has 2 aromatic carbocycles. The molecule has 30 heavy (non-hydrogen) atoms. The van der Waals surface area contributed by atoms with E-state index < -0.39 is 16.7 Å². The number of carbonyl (C=O) groups is 2. The van der Waals surface area contributed by atoms with Crippen LogP contribution in [0.15, 0.2) is 48.5 Å². The average molecular weight is 412 g/mol. The van der Waals surface area contributed by atoms with Gasteiger partial charge < -0.3 is 4.74 Å². The Labute approximate surface area is 176 Å². The number of Topliss-reactive ketones (excluding diaryl/α,β-unsaturated/α-hetero) is 1. The monoisotopic (exact) mass is 412 g/mol. The Morgan fingerprint density at radius 2 is 1.77 bits per heavy atom. The molecule has 7 heteroatoms. The van der Waals surface area contributed by atoms with Crippen LogP contribution in [0, 0.1) is 10.1 Å². The van der Waals surface area contributed by atoms with Crippen LogP contribution in [0.4, 0.5) is 5.69 Å². The summed E-state index contributed by atoms with van der Waals surface area (Å²) >= 11 is 0. The Balaban J connectivity index is 2.20. The lowest BCUT2D eigenvalue weighted by atomic mass is 9.97. The normalized spacial score (nSPS) is 10.8. The number of esters is 1. The summed E-state index contributed by atoms with van der Waals surface area (Å²) in [5.74, 6) is -1.74. The molecule has 0 aliphatic heterocycles. The van der Waals surface area contributed by atoms with Crippen molar-refractivity contribution in [1.29, 1.82) is 0 Å². The first-order chi connectivity index (χ1) is 14.5. The highest BCUT2D eigenvalue weighted by atomic mass is 16.6. The molecule has 0 spiro atoms. The molecule has 0 radical (unpaired) electrons. The third-order valence-electron chi connectivity index (χ3n) is 4.77. The lowest BCUT2D eigenvalue weighted by Gasteiger charge is -2.22. The topological polar surface area (TPSA) is 89.8 Å². The number of hydrogen-bond acceptors (Lipinski definition) is 6. The van der Waals surface area contributed by atoms with E-state index in [9.17, 15) is 19.7 Å². The SMILES string of the molecule is CCCN(CCc1cccc([N+](=O)[O-])c1CC(=O)C(=O)OCC)Cc1ccccc1. The van der Waals surface area contributed by atoms with Gasteiger partial charge in [-0.25, -0.2) is 4.79 Å². The van der Waals surface area contributed by atoms with Crippen LogP contribution in [0.2, 0.25) is 0 Å². The van der Waals surface area contributed by atoms with E-state index in [1.807, 2.05) is 18.2 Å². The smallest absolute Gasteiger partial charge is 0.374 e. The van der Waals surface area contributed by atoms with E-state index in [4.69, 9.17) is 4.74 Å². The molecule has 0 amide bonds. The molecule has 0 N–H and O–H groups in total. The van der Waals surface area contributed by atoms with Crippen LogP contribution < -0.4 is 0 Å². The van der Waals surface area contributed by atoms with E-state index in [0.717, 1.165) is 19.5 Å². The summed E-state index contributed by atoms with van der Waals surface area (Å²) < 4.78 is 4.75. The fourth-order valence-corrected chi connectivity index (χ4v) is 3.38. The second-order valence-electron chi connectivity index (χ2n) is 7.00. The number of nitrogens with zero attached hydrogens (tertiary/aromatic N) is 2. The minimum absolute atomic E-state index is 0.0831. The molecular formula is C23H28N2O5. The van der Waals surface area contributed by atoms with Gasteiger partial charge in [-0.1, -0.05) is 49.4 Å². The number of ether oxygens (including phenoxy) is 1. The number of nitro groups is 1. The minimum atomic E-state index is -0.960. The average Bonchev–Trinajstić information content (AvgIpc) is 2.73. The van der Waals surface area contributed by atoms with Gasteiger partial charge in [0.25, 0.3) is 5.69 Å². The first-order valence-corrected chi connectivity index (χ1v) is 10.2. The molecule has 0 unspecified atom stereocenters. The summed E-state index contributed by atoms with van der Waals surface area (Å²) in [5, 5.41) is 11.5. The Bertz CT molecular complexity index is 867. The molecule has 0 saturated heterocycles. The van der Waals surface area contributed by atoms with Gasteiger partial charge in [0.05, 0.1) is 18.0 Å². The van der Waals surface area contributed by atoms with Gasteiger partial charge in [-0.15, -0.1) is 0 Å². The summed E-state index contributed by atoms with van der Waals surface area (Å²) in [6, 6.07) is 14.9. The lowest BCUT2D eigenvalue weighted by molar-refractivity contribution is -0.385. The first-order valence-electron chi connectivity index (χ1n) is 10.2. The van der Waals surface area contributed by atoms with Crippen molar-refractivity contribution in [2.45, 2.75) is 39.7 Å². The zero-order valence-electron chi connectivity index (χ0n) is 17.5. The van der Waals surface area contributed by atoms with Crippen LogP contribution in [-0.2, 0) is 33.7 Å². The Kier molecular flexibility index (Phi) is 9.15. The highest BCUT2D eigenvalue weighted by molar-refractivity contribution is 6.34. The zero-order valence-corrected chi connectivity index (χ0v) is 17.5. The second kappa shape index (κ2) is 11.8. The van der Waals surface area contributed by atoms with Gasteiger partial charge in [-0.2, -0.15) is 0 Å². The predicted molar refractivity (Wildman–Crippen MR) is 114 cm³/mol. The maximum Gasteiger partial charge on any atom is 0.374 e. The number of carbonyl (C=O) groups excluding carboxylic acids is 2.